The first kappa shape index (κ1) is 13.6. The topological polar surface area (TPSA) is 84.0 Å². The van der Waals surface area contributed by atoms with Crippen molar-refractivity contribution < 1.29 is 9.94 Å². The molecule has 1 aliphatic heterocycles. The first-order valence-electron chi connectivity index (χ1n) is 6.55. The first-order chi connectivity index (χ1) is 9.26. The Morgan fingerprint density at radius 3 is 2.95 bits per heavy atom. The number of rotatable bonds is 4. The Morgan fingerprint density at radius 1 is 1.58 bits per heavy atom. The second-order valence-corrected chi connectivity index (χ2v) is 4.50. The average molecular weight is 264 g/mol. The number of pyridine rings is 1. The highest BCUT2D eigenvalue weighted by Gasteiger charge is 2.22. The SMILES string of the molecule is CCOC1CCN(c2cccnc2/C(N)=N/O)CC1. The van der Waals surface area contributed by atoms with E-state index in [0.717, 1.165) is 38.2 Å². The molecule has 6 heteroatoms. The second kappa shape index (κ2) is 6.38. The van der Waals surface area contributed by atoms with Crippen LogP contribution in [0.15, 0.2) is 23.5 Å². The third-order valence-electron chi connectivity index (χ3n) is 3.32. The van der Waals surface area contributed by atoms with E-state index in [4.69, 9.17) is 15.7 Å². The molecular formula is C13H20N4O2. The molecule has 104 valence electrons. The summed E-state index contributed by atoms with van der Waals surface area (Å²) in [5.41, 5.74) is 7.10. The first-order valence-corrected chi connectivity index (χ1v) is 6.55. The summed E-state index contributed by atoms with van der Waals surface area (Å²) in [7, 11) is 0. The minimum atomic E-state index is 0.0440. The van der Waals surface area contributed by atoms with Gasteiger partial charge in [-0.25, -0.2) is 0 Å². The maximum absolute atomic E-state index is 8.81. The zero-order valence-corrected chi connectivity index (χ0v) is 11.1. The summed E-state index contributed by atoms with van der Waals surface area (Å²) in [6.07, 6.45) is 3.95. The van der Waals surface area contributed by atoms with Gasteiger partial charge in [0.05, 0.1) is 11.8 Å². The Balaban J connectivity index is 2.11. The highest BCUT2D eigenvalue weighted by molar-refractivity contribution is 6.00. The maximum Gasteiger partial charge on any atom is 0.190 e. The number of nitrogens with two attached hydrogens (primary N) is 1. The number of amidine groups is 1. The highest BCUT2D eigenvalue weighted by Crippen LogP contribution is 2.23. The van der Waals surface area contributed by atoms with Crippen molar-refractivity contribution in [1.82, 2.24) is 4.98 Å². The Kier molecular flexibility index (Phi) is 4.57. The van der Waals surface area contributed by atoms with Crippen molar-refractivity contribution >= 4 is 11.5 Å². The van der Waals surface area contributed by atoms with Crippen LogP contribution in [0.25, 0.3) is 0 Å². The summed E-state index contributed by atoms with van der Waals surface area (Å²) in [6.45, 7) is 4.56. The van der Waals surface area contributed by atoms with E-state index in [1.165, 1.54) is 0 Å². The normalized spacial score (nSPS) is 17.7. The van der Waals surface area contributed by atoms with Crippen LogP contribution >= 0.6 is 0 Å². The van der Waals surface area contributed by atoms with Crippen LogP contribution in [0.2, 0.25) is 0 Å². The van der Waals surface area contributed by atoms with Crippen LogP contribution in [-0.2, 0) is 4.74 Å². The highest BCUT2D eigenvalue weighted by atomic mass is 16.5. The van der Waals surface area contributed by atoms with Gasteiger partial charge in [-0.3, -0.25) is 4.98 Å². The van der Waals surface area contributed by atoms with Crippen LogP contribution in [0.4, 0.5) is 5.69 Å². The molecule has 0 aliphatic carbocycles. The van der Waals surface area contributed by atoms with Crippen molar-refractivity contribution in [2.45, 2.75) is 25.9 Å². The minimum absolute atomic E-state index is 0.0440. The molecule has 0 bridgehead atoms. The van der Waals surface area contributed by atoms with Crippen molar-refractivity contribution in [3.8, 4) is 0 Å². The zero-order valence-electron chi connectivity index (χ0n) is 11.1. The molecule has 3 N–H and O–H groups in total. The predicted molar refractivity (Wildman–Crippen MR) is 73.6 cm³/mol. The molecule has 0 amide bonds. The van der Waals surface area contributed by atoms with Gasteiger partial charge in [0.1, 0.15) is 5.69 Å². The van der Waals surface area contributed by atoms with E-state index in [1.54, 1.807) is 6.20 Å². The monoisotopic (exact) mass is 264 g/mol. The fraction of sp³-hybridized carbons (Fsp3) is 0.538. The van der Waals surface area contributed by atoms with Crippen LogP contribution < -0.4 is 10.6 Å². The zero-order chi connectivity index (χ0) is 13.7. The Bertz CT molecular complexity index is 442. The molecular weight excluding hydrogens is 244 g/mol. The van der Waals surface area contributed by atoms with Crippen LogP contribution in [0.1, 0.15) is 25.5 Å². The summed E-state index contributed by atoms with van der Waals surface area (Å²) in [5, 5.41) is 11.8. The Labute approximate surface area is 112 Å². The number of nitrogens with zero attached hydrogens (tertiary/aromatic N) is 3. The molecule has 0 aromatic carbocycles. The van der Waals surface area contributed by atoms with Crippen molar-refractivity contribution in [1.29, 1.82) is 0 Å². The van der Waals surface area contributed by atoms with Gasteiger partial charge in [0.25, 0.3) is 0 Å². The standard InChI is InChI=1S/C13H20N4O2/c1-2-19-10-5-8-17(9-6-10)11-4-3-7-15-12(11)13(14)16-18/h3-4,7,10,18H,2,5-6,8-9H2,1H3,(H2,14,16). The van der Waals surface area contributed by atoms with E-state index >= 15 is 0 Å². The minimum Gasteiger partial charge on any atom is -0.409 e. The molecule has 2 rings (SSSR count). The molecule has 1 saturated heterocycles. The van der Waals surface area contributed by atoms with Gasteiger partial charge < -0.3 is 20.6 Å². The number of hydrogen-bond donors (Lipinski definition) is 2. The van der Waals surface area contributed by atoms with E-state index in [9.17, 15) is 0 Å². The van der Waals surface area contributed by atoms with Gasteiger partial charge >= 0.3 is 0 Å². The number of aromatic nitrogens is 1. The van der Waals surface area contributed by atoms with Crippen LogP contribution in [0.5, 0.6) is 0 Å². The smallest absolute Gasteiger partial charge is 0.190 e. The third-order valence-corrected chi connectivity index (χ3v) is 3.32. The number of anilines is 1. The molecule has 1 fully saturated rings. The van der Waals surface area contributed by atoms with E-state index < -0.39 is 0 Å². The lowest BCUT2D eigenvalue weighted by Crippen LogP contribution is -2.38. The molecule has 0 saturated carbocycles. The van der Waals surface area contributed by atoms with E-state index in [-0.39, 0.29) is 5.84 Å². The fourth-order valence-electron chi connectivity index (χ4n) is 2.40. The van der Waals surface area contributed by atoms with Crippen LogP contribution in [-0.4, -0.2) is 41.8 Å². The van der Waals surface area contributed by atoms with Gasteiger partial charge in [0.2, 0.25) is 0 Å². The summed E-state index contributed by atoms with van der Waals surface area (Å²) >= 11 is 0. The van der Waals surface area contributed by atoms with E-state index in [2.05, 4.69) is 15.0 Å². The number of hydrogen-bond acceptors (Lipinski definition) is 5. The quantitative estimate of drug-likeness (QED) is 0.369. The lowest BCUT2D eigenvalue weighted by molar-refractivity contribution is 0.0459. The van der Waals surface area contributed by atoms with Crippen molar-refractivity contribution in [3.05, 3.63) is 24.0 Å². The van der Waals surface area contributed by atoms with Crippen LogP contribution in [0, 0.1) is 0 Å². The van der Waals surface area contributed by atoms with E-state index in [0.29, 0.717) is 11.8 Å². The number of ether oxygens (including phenoxy) is 1. The summed E-state index contributed by atoms with van der Waals surface area (Å²) in [6, 6.07) is 3.81. The fourth-order valence-corrected chi connectivity index (χ4v) is 2.40. The molecule has 0 radical (unpaired) electrons. The largest absolute Gasteiger partial charge is 0.409 e. The molecule has 0 atom stereocenters. The Morgan fingerprint density at radius 2 is 2.32 bits per heavy atom. The summed E-state index contributed by atoms with van der Waals surface area (Å²) < 4.78 is 5.64. The molecule has 0 unspecified atom stereocenters. The molecule has 0 spiro atoms. The van der Waals surface area contributed by atoms with Gasteiger partial charge in [-0.15, -0.1) is 0 Å². The number of oxime groups is 1. The number of piperidine rings is 1. The summed E-state index contributed by atoms with van der Waals surface area (Å²) in [5.74, 6) is 0.0440. The Hall–Kier alpha value is -1.82. The molecule has 1 aromatic heterocycles. The molecule has 6 nitrogen and oxygen atoms in total. The third kappa shape index (κ3) is 3.14. The van der Waals surface area contributed by atoms with Crippen molar-refractivity contribution in [2.24, 2.45) is 10.9 Å². The molecule has 2 heterocycles. The maximum atomic E-state index is 8.81. The van der Waals surface area contributed by atoms with Crippen molar-refractivity contribution in [2.75, 3.05) is 24.6 Å². The molecule has 19 heavy (non-hydrogen) atoms. The van der Waals surface area contributed by atoms with Gasteiger partial charge in [0.15, 0.2) is 5.84 Å². The lowest BCUT2D eigenvalue weighted by Gasteiger charge is -2.34. The second-order valence-electron chi connectivity index (χ2n) is 4.50. The predicted octanol–water partition coefficient (Wildman–Crippen LogP) is 1.18. The molecule has 1 aliphatic rings. The average Bonchev–Trinajstić information content (AvgIpc) is 2.47. The van der Waals surface area contributed by atoms with Crippen LogP contribution in [0.3, 0.4) is 0 Å². The van der Waals surface area contributed by atoms with Gasteiger partial charge in [0, 0.05) is 25.9 Å². The van der Waals surface area contributed by atoms with Gasteiger partial charge in [-0.05, 0) is 31.9 Å². The summed E-state index contributed by atoms with van der Waals surface area (Å²) in [4.78, 5) is 6.40. The van der Waals surface area contributed by atoms with Crippen molar-refractivity contribution in [3.63, 3.8) is 0 Å². The van der Waals surface area contributed by atoms with E-state index in [1.807, 2.05) is 19.1 Å². The van der Waals surface area contributed by atoms with Gasteiger partial charge in [-0.1, -0.05) is 5.16 Å². The van der Waals surface area contributed by atoms with Gasteiger partial charge in [-0.2, -0.15) is 0 Å². The molecule has 1 aromatic rings. The lowest BCUT2D eigenvalue weighted by atomic mass is 10.1.